The van der Waals surface area contributed by atoms with Crippen LogP contribution in [-0.4, -0.2) is 29.9 Å². The number of carbonyl (C=O) groups is 1. The van der Waals surface area contributed by atoms with Crippen LogP contribution in [0.25, 0.3) is 5.57 Å². The van der Waals surface area contributed by atoms with Crippen molar-refractivity contribution in [3.05, 3.63) is 41.7 Å². The number of likely N-dealkylation sites (tertiary alicyclic amines) is 1. The molecule has 1 aliphatic rings. The number of hydrogen-bond donors (Lipinski definition) is 1. The smallest absolute Gasteiger partial charge is 0.247 e. The van der Waals surface area contributed by atoms with Gasteiger partial charge in [0, 0.05) is 25.2 Å². The Kier molecular flexibility index (Phi) is 6.85. The minimum absolute atomic E-state index is 0. The number of carbonyl (C=O) groups excluding carboxylic acids is 1. The number of halogens is 2. The average Bonchev–Trinajstić information content (AvgIpc) is 2.47. The first-order valence-electron chi connectivity index (χ1n) is 7.06. The Morgan fingerprint density at radius 2 is 2.24 bits per heavy atom. The summed E-state index contributed by atoms with van der Waals surface area (Å²) >= 11 is 0. The van der Waals surface area contributed by atoms with Crippen LogP contribution in [0.4, 0.5) is 4.39 Å². The number of benzene rings is 1. The fraction of sp³-hybridized carbons (Fsp3) is 0.438. The maximum absolute atomic E-state index is 13.2. The molecule has 21 heavy (non-hydrogen) atoms. The highest BCUT2D eigenvalue weighted by Gasteiger charge is 2.24. The lowest BCUT2D eigenvalue weighted by atomic mass is 10.0. The van der Waals surface area contributed by atoms with Gasteiger partial charge in [0.1, 0.15) is 5.82 Å². The fourth-order valence-corrected chi connectivity index (χ4v) is 2.62. The van der Waals surface area contributed by atoms with E-state index in [0.717, 1.165) is 36.9 Å². The third-order valence-corrected chi connectivity index (χ3v) is 3.80. The first kappa shape index (κ1) is 17.7. The van der Waals surface area contributed by atoms with Crippen LogP contribution in [0.3, 0.4) is 0 Å². The average molecular weight is 313 g/mol. The second kappa shape index (κ2) is 8.15. The summed E-state index contributed by atoms with van der Waals surface area (Å²) in [4.78, 5) is 14.2. The van der Waals surface area contributed by atoms with Crippen molar-refractivity contribution in [1.29, 1.82) is 0 Å². The number of allylic oxidation sites excluding steroid dienone is 1. The van der Waals surface area contributed by atoms with Crippen molar-refractivity contribution in [2.75, 3.05) is 13.1 Å². The van der Waals surface area contributed by atoms with Crippen LogP contribution < -0.4 is 5.73 Å². The molecule has 3 nitrogen and oxygen atoms in total. The van der Waals surface area contributed by atoms with Crippen LogP contribution in [0.15, 0.2) is 30.3 Å². The molecule has 2 N–H and O–H groups in total. The van der Waals surface area contributed by atoms with E-state index in [4.69, 9.17) is 5.73 Å². The fourth-order valence-electron chi connectivity index (χ4n) is 2.62. The van der Waals surface area contributed by atoms with Crippen molar-refractivity contribution in [1.82, 2.24) is 4.90 Å². The van der Waals surface area contributed by atoms with E-state index in [9.17, 15) is 9.18 Å². The van der Waals surface area contributed by atoms with Gasteiger partial charge in [0.05, 0.1) is 0 Å². The van der Waals surface area contributed by atoms with Crippen molar-refractivity contribution in [3.63, 3.8) is 0 Å². The highest BCUT2D eigenvalue weighted by molar-refractivity contribution is 5.95. The lowest BCUT2D eigenvalue weighted by Gasteiger charge is -2.34. The molecule has 0 saturated carbocycles. The van der Waals surface area contributed by atoms with Crippen molar-refractivity contribution >= 4 is 23.9 Å². The molecule has 0 aliphatic carbocycles. The summed E-state index contributed by atoms with van der Waals surface area (Å²) in [5, 5.41) is 0. The monoisotopic (exact) mass is 312 g/mol. The summed E-state index contributed by atoms with van der Waals surface area (Å²) < 4.78 is 13.2. The number of nitrogens with two attached hydrogens (primary N) is 1. The zero-order valence-corrected chi connectivity index (χ0v) is 13.0. The van der Waals surface area contributed by atoms with Gasteiger partial charge in [0.2, 0.25) is 5.91 Å². The predicted octanol–water partition coefficient (Wildman–Crippen LogP) is 2.99. The molecule has 0 radical (unpaired) electrons. The van der Waals surface area contributed by atoms with Crippen LogP contribution in [0.1, 0.15) is 31.7 Å². The van der Waals surface area contributed by atoms with Gasteiger partial charge in [0.15, 0.2) is 0 Å². The second-order valence-electron chi connectivity index (χ2n) is 5.25. The number of nitrogens with zero attached hydrogens (tertiary/aromatic N) is 1. The standard InChI is InChI=1S/C16H21FN2O.ClH/c1-12(13-5-4-6-14(17)10-13)9-16(20)19-8-3-2-7-15(19)11-18;/h4-6,9-10,15H,2-3,7-8,11,18H2,1H3;1H/b12-9+;. The Bertz CT molecular complexity index is 519. The molecular formula is C16H22ClFN2O. The maximum atomic E-state index is 13.2. The van der Waals surface area contributed by atoms with Gasteiger partial charge < -0.3 is 10.6 Å². The molecule has 1 fully saturated rings. The van der Waals surface area contributed by atoms with Crippen molar-refractivity contribution in [2.24, 2.45) is 5.73 Å². The van der Waals surface area contributed by atoms with E-state index in [-0.39, 0.29) is 30.2 Å². The summed E-state index contributed by atoms with van der Waals surface area (Å²) in [5.74, 6) is -0.317. The van der Waals surface area contributed by atoms with Crippen LogP contribution in [0, 0.1) is 5.82 Å². The Balaban J connectivity index is 0.00000220. The molecule has 1 saturated heterocycles. The molecule has 1 aromatic carbocycles. The second-order valence-corrected chi connectivity index (χ2v) is 5.25. The molecule has 2 rings (SSSR count). The van der Waals surface area contributed by atoms with E-state index < -0.39 is 0 Å². The molecule has 1 aliphatic heterocycles. The molecule has 5 heteroatoms. The number of hydrogen-bond acceptors (Lipinski definition) is 2. The SMILES string of the molecule is C/C(=C\C(=O)N1CCCCC1CN)c1cccc(F)c1.Cl. The summed E-state index contributed by atoms with van der Waals surface area (Å²) in [7, 11) is 0. The molecule has 1 aromatic rings. The van der Waals surface area contributed by atoms with E-state index in [0.29, 0.717) is 6.54 Å². The summed E-state index contributed by atoms with van der Waals surface area (Å²) in [6.45, 7) is 3.08. The number of rotatable bonds is 3. The summed E-state index contributed by atoms with van der Waals surface area (Å²) in [6, 6.07) is 6.42. The van der Waals surface area contributed by atoms with Crippen LogP contribution in [-0.2, 0) is 4.79 Å². The zero-order valence-electron chi connectivity index (χ0n) is 12.2. The minimum atomic E-state index is -0.291. The molecule has 1 heterocycles. The van der Waals surface area contributed by atoms with Gasteiger partial charge in [-0.2, -0.15) is 0 Å². The lowest BCUT2D eigenvalue weighted by Crippen LogP contribution is -2.46. The Hall–Kier alpha value is -1.39. The highest BCUT2D eigenvalue weighted by atomic mass is 35.5. The molecular weight excluding hydrogens is 291 g/mol. The van der Waals surface area contributed by atoms with Gasteiger partial charge in [-0.25, -0.2) is 4.39 Å². The van der Waals surface area contributed by atoms with Crippen molar-refractivity contribution < 1.29 is 9.18 Å². The number of piperidine rings is 1. The Morgan fingerprint density at radius 1 is 1.48 bits per heavy atom. The van der Waals surface area contributed by atoms with Gasteiger partial charge >= 0.3 is 0 Å². The number of amides is 1. The van der Waals surface area contributed by atoms with E-state index >= 15 is 0 Å². The van der Waals surface area contributed by atoms with Crippen LogP contribution >= 0.6 is 12.4 Å². The van der Waals surface area contributed by atoms with E-state index in [1.807, 2.05) is 11.8 Å². The summed E-state index contributed by atoms with van der Waals surface area (Å²) in [6.07, 6.45) is 4.70. The van der Waals surface area contributed by atoms with E-state index in [1.165, 1.54) is 12.1 Å². The van der Waals surface area contributed by atoms with Crippen molar-refractivity contribution in [2.45, 2.75) is 32.2 Å². The minimum Gasteiger partial charge on any atom is -0.335 e. The Morgan fingerprint density at radius 3 is 2.90 bits per heavy atom. The molecule has 0 aromatic heterocycles. The van der Waals surface area contributed by atoms with Gasteiger partial charge in [-0.05, 0) is 49.5 Å². The molecule has 1 unspecified atom stereocenters. The largest absolute Gasteiger partial charge is 0.335 e. The highest BCUT2D eigenvalue weighted by Crippen LogP contribution is 2.19. The first-order chi connectivity index (χ1) is 9.61. The van der Waals surface area contributed by atoms with Gasteiger partial charge in [-0.15, -0.1) is 12.4 Å². The van der Waals surface area contributed by atoms with Crippen LogP contribution in [0.2, 0.25) is 0 Å². The van der Waals surface area contributed by atoms with E-state index in [1.54, 1.807) is 18.2 Å². The normalized spacial score (nSPS) is 19.1. The van der Waals surface area contributed by atoms with E-state index in [2.05, 4.69) is 0 Å². The topological polar surface area (TPSA) is 46.3 Å². The lowest BCUT2D eigenvalue weighted by molar-refractivity contribution is -0.129. The predicted molar refractivity (Wildman–Crippen MR) is 85.7 cm³/mol. The van der Waals surface area contributed by atoms with Gasteiger partial charge in [0.25, 0.3) is 0 Å². The first-order valence-corrected chi connectivity index (χ1v) is 7.06. The molecule has 116 valence electrons. The molecule has 0 bridgehead atoms. The maximum Gasteiger partial charge on any atom is 0.247 e. The van der Waals surface area contributed by atoms with Crippen LogP contribution in [0.5, 0.6) is 0 Å². The van der Waals surface area contributed by atoms with Gasteiger partial charge in [-0.1, -0.05) is 12.1 Å². The van der Waals surface area contributed by atoms with Crippen molar-refractivity contribution in [3.8, 4) is 0 Å². The van der Waals surface area contributed by atoms with Gasteiger partial charge in [-0.3, -0.25) is 4.79 Å². The third kappa shape index (κ3) is 4.55. The molecule has 1 amide bonds. The molecule has 0 spiro atoms. The quantitative estimate of drug-likeness (QED) is 0.872. The molecule has 1 atom stereocenters. The summed E-state index contributed by atoms with van der Waals surface area (Å²) in [5.41, 5.74) is 7.24. The third-order valence-electron chi connectivity index (χ3n) is 3.80. The zero-order chi connectivity index (χ0) is 14.5. The Labute approximate surface area is 131 Å².